The third kappa shape index (κ3) is 3.03. The second-order valence-electron chi connectivity index (χ2n) is 4.09. The molecular formula is C12H14N4O3S. The quantitative estimate of drug-likeness (QED) is 0.725. The number of carbonyl (C=O) groups excluding carboxylic acids is 1. The lowest BCUT2D eigenvalue weighted by molar-refractivity contribution is -0.119. The van der Waals surface area contributed by atoms with Crippen LogP contribution in [0.2, 0.25) is 0 Å². The summed E-state index contributed by atoms with van der Waals surface area (Å²) in [6.07, 6.45) is 0. The van der Waals surface area contributed by atoms with E-state index in [1.165, 1.54) is 19.2 Å². The second kappa shape index (κ2) is 5.43. The number of hydrogen-bond acceptors (Lipinski definition) is 5. The van der Waals surface area contributed by atoms with Gasteiger partial charge in [-0.15, -0.1) is 0 Å². The third-order valence-corrected chi connectivity index (χ3v) is 4.09. The lowest BCUT2D eigenvalue weighted by Gasteiger charge is -2.07. The molecule has 0 aliphatic heterocycles. The topological polar surface area (TPSA) is 114 Å². The van der Waals surface area contributed by atoms with Gasteiger partial charge in [-0.05, 0) is 30.3 Å². The average molecular weight is 294 g/mol. The molecule has 0 bridgehead atoms. The first-order valence-electron chi connectivity index (χ1n) is 5.79. The molecule has 0 aliphatic rings. The summed E-state index contributed by atoms with van der Waals surface area (Å²) in [5.74, 6) is -0.0466. The van der Waals surface area contributed by atoms with Crippen molar-refractivity contribution in [2.45, 2.75) is 4.90 Å². The van der Waals surface area contributed by atoms with Crippen molar-refractivity contribution in [1.82, 2.24) is 15.0 Å². The number of anilines is 1. The fraction of sp³-hybridized carbons (Fsp3) is 0.167. The van der Waals surface area contributed by atoms with E-state index >= 15 is 0 Å². The Morgan fingerprint density at radius 1 is 1.30 bits per heavy atom. The minimum atomic E-state index is -3.74. The monoisotopic (exact) mass is 294 g/mol. The predicted molar refractivity (Wildman–Crippen MR) is 75.4 cm³/mol. The number of nitrogens with two attached hydrogens (primary N) is 1. The number of hydrogen-bond donors (Lipinski definition) is 3. The molecule has 1 heterocycles. The first-order chi connectivity index (χ1) is 9.42. The summed E-state index contributed by atoms with van der Waals surface area (Å²) in [6.45, 7) is -0.309. The van der Waals surface area contributed by atoms with Gasteiger partial charge in [-0.2, -0.15) is 0 Å². The molecular weight excluding hydrogens is 280 g/mol. The van der Waals surface area contributed by atoms with Crippen LogP contribution in [0, 0.1) is 0 Å². The zero-order chi connectivity index (χ0) is 14.8. The Balaban J connectivity index is 2.32. The van der Waals surface area contributed by atoms with E-state index in [-0.39, 0.29) is 11.4 Å². The Morgan fingerprint density at radius 3 is 2.75 bits per heavy atom. The van der Waals surface area contributed by atoms with E-state index in [2.05, 4.69) is 15.0 Å². The molecule has 0 saturated heterocycles. The summed E-state index contributed by atoms with van der Waals surface area (Å²) in [4.78, 5) is 15.2. The van der Waals surface area contributed by atoms with Crippen LogP contribution in [0.1, 0.15) is 0 Å². The maximum absolute atomic E-state index is 12.0. The van der Waals surface area contributed by atoms with Crippen molar-refractivity contribution < 1.29 is 13.2 Å². The van der Waals surface area contributed by atoms with Crippen molar-refractivity contribution in [3.05, 3.63) is 30.3 Å². The summed E-state index contributed by atoms with van der Waals surface area (Å²) in [7, 11) is -2.30. The zero-order valence-electron chi connectivity index (χ0n) is 10.8. The first-order valence-corrected chi connectivity index (χ1v) is 7.27. The predicted octanol–water partition coefficient (Wildman–Crippen LogP) is -0.159. The minimum Gasteiger partial charge on any atom is -0.384 e. The Bertz CT molecular complexity index is 758. The molecule has 1 amide bonds. The SMILES string of the molecule is CNC(=O)CNS(=O)(=O)c1ccc2nc(N)ccc2c1. The standard InChI is InChI=1S/C12H14N4O3S/c1-14-12(17)7-15-20(18,19)9-3-4-10-8(6-9)2-5-11(13)16-10/h2-6,15H,7H2,1H3,(H2,13,16)(H,14,17). The lowest BCUT2D eigenvalue weighted by atomic mass is 10.2. The smallest absolute Gasteiger partial charge is 0.241 e. The Morgan fingerprint density at radius 2 is 2.05 bits per heavy atom. The Labute approximate surface area is 116 Å². The highest BCUT2D eigenvalue weighted by molar-refractivity contribution is 7.89. The molecule has 20 heavy (non-hydrogen) atoms. The molecule has 4 N–H and O–H groups in total. The normalized spacial score (nSPS) is 11.4. The highest BCUT2D eigenvalue weighted by Gasteiger charge is 2.15. The van der Waals surface area contributed by atoms with E-state index in [9.17, 15) is 13.2 Å². The summed E-state index contributed by atoms with van der Waals surface area (Å²) >= 11 is 0. The molecule has 8 heteroatoms. The fourth-order valence-electron chi connectivity index (χ4n) is 1.62. The Kier molecular flexibility index (Phi) is 3.86. The van der Waals surface area contributed by atoms with Gasteiger partial charge < -0.3 is 11.1 Å². The molecule has 0 spiro atoms. The first kappa shape index (κ1) is 14.2. The number of aromatic nitrogens is 1. The number of likely N-dealkylation sites (N-methyl/N-ethyl adjacent to an activating group) is 1. The van der Waals surface area contributed by atoms with Crippen molar-refractivity contribution in [1.29, 1.82) is 0 Å². The molecule has 1 aromatic heterocycles. The zero-order valence-corrected chi connectivity index (χ0v) is 11.6. The van der Waals surface area contributed by atoms with Crippen molar-refractivity contribution in [2.24, 2.45) is 0 Å². The van der Waals surface area contributed by atoms with Gasteiger partial charge in [0, 0.05) is 12.4 Å². The highest BCUT2D eigenvalue weighted by Crippen LogP contribution is 2.18. The molecule has 1 aromatic carbocycles. The molecule has 2 rings (SSSR count). The molecule has 0 aliphatic carbocycles. The van der Waals surface area contributed by atoms with Gasteiger partial charge in [0.25, 0.3) is 0 Å². The molecule has 0 unspecified atom stereocenters. The van der Waals surface area contributed by atoms with Gasteiger partial charge in [0.2, 0.25) is 15.9 Å². The van der Waals surface area contributed by atoms with Crippen molar-refractivity contribution in [3.63, 3.8) is 0 Å². The van der Waals surface area contributed by atoms with Crippen LogP contribution in [0.3, 0.4) is 0 Å². The number of nitrogen functional groups attached to an aromatic ring is 1. The van der Waals surface area contributed by atoms with E-state index in [1.54, 1.807) is 18.2 Å². The number of amides is 1. The van der Waals surface area contributed by atoms with Crippen molar-refractivity contribution in [2.75, 3.05) is 19.3 Å². The van der Waals surface area contributed by atoms with Gasteiger partial charge in [0.05, 0.1) is 17.0 Å². The van der Waals surface area contributed by atoms with Gasteiger partial charge in [-0.25, -0.2) is 18.1 Å². The van der Waals surface area contributed by atoms with Crippen LogP contribution >= 0.6 is 0 Å². The van der Waals surface area contributed by atoms with E-state index in [1.807, 2.05) is 0 Å². The summed E-state index contributed by atoms with van der Waals surface area (Å²) in [5, 5.41) is 2.99. The van der Waals surface area contributed by atoms with Gasteiger partial charge >= 0.3 is 0 Å². The molecule has 2 aromatic rings. The van der Waals surface area contributed by atoms with Crippen LogP contribution in [-0.2, 0) is 14.8 Å². The Hall–Kier alpha value is -2.19. The van der Waals surface area contributed by atoms with Crippen LogP contribution in [0.15, 0.2) is 35.2 Å². The van der Waals surface area contributed by atoms with Crippen LogP contribution in [-0.4, -0.2) is 32.9 Å². The number of nitrogens with zero attached hydrogens (tertiary/aromatic N) is 1. The number of rotatable bonds is 4. The number of nitrogens with one attached hydrogen (secondary N) is 2. The van der Waals surface area contributed by atoms with Crippen LogP contribution in [0.5, 0.6) is 0 Å². The lowest BCUT2D eigenvalue weighted by Crippen LogP contribution is -2.35. The highest BCUT2D eigenvalue weighted by atomic mass is 32.2. The molecule has 0 radical (unpaired) electrons. The van der Waals surface area contributed by atoms with Crippen molar-refractivity contribution in [3.8, 4) is 0 Å². The summed E-state index contributed by atoms with van der Waals surface area (Å²) < 4.78 is 26.3. The third-order valence-electron chi connectivity index (χ3n) is 2.69. The number of pyridine rings is 1. The number of sulfonamides is 1. The second-order valence-corrected chi connectivity index (χ2v) is 5.86. The van der Waals surface area contributed by atoms with Gasteiger partial charge in [0.1, 0.15) is 5.82 Å². The molecule has 7 nitrogen and oxygen atoms in total. The van der Waals surface area contributed by atoms with Crippen molar-refractivity contribution >= 4 is 32.7 Å². The summed E-state index contributed by atoms with van der Waals surface area (Å²) in [5.41, 5.74) is 6.16. The van der Waals surface area contributed by atoms with E-state index in [4.69, 9.17) is 5.73 Å². The number of benzene rings is 1. The maximum atomic E-state index is 12.0. The van der Waals surface area contributed by atoms with Crippen LogP contribution in [0.4, 0.5) is 5.82 Å². The van der Waals surface area contributed by atoms with Crippen LogP contribution < -0.4 is 15.8 Å². The fourth-order valence-corrected chi connectivity index (χ4v) is 2.64. The average Bonchev–Trinajstić information content (AvgIpc) is 2.44. The van der Waals surface area contributed by atoms with Crippen LogP contribution in [0.25, 0.3) is 10.9 Å². The van der Waals surface area contributed by atoms with E-state index in [0.29, 0.717) is 16.7 Å². The van der Waals surface area contributed by atoms with Gasteiger partial charge in [0.15, 0.2) is 0 Å². The van der Waals surface area contributed by atoms with Gasteiger partial charge in [-0.1, -0.05) is 0 Å². The maximum Gasteiger partial charge on any atom is 0.241 e. The molecule has 106 valence electrons. The molecule has 0 atom stereocenters. The van der Waals surface area contributed by atoms with E-state index < -0.39 is 15.9 Å². The van der Waals surface area contributed by atoms with E-state index in [0.717, 1.165) is 0 Å². The summed E-state index contributed by atoms with van der Waals surface area (Å²) in [6, 6.07) is 7.75. The number of fused-ring (bicyclic) bond motifs is 1. The minimum absolute atomic E-state index is 0.0699. The van der Waals surface area contributed by atoms with Gasteiger partial charge in [-0.3, -0.25) is 4.79 Å². The number of carbonyl (C=O) groups is 1. The molecule has 0 fully saturated rings. The largest absolute Gasteiger partial charge is 0.384 e. The molecule has 0 saturated carbocycles.